The fourth-order valence-corrected chi connectivity index (χ4v) is 1.71. The molecule has 0 amide bonds. The molecule has 0 aromatic heterocycles. The Hall–Kier alpha value is -2.49. The molecule has 0 saturated heterocycles. The molecule has 2 aromatic rings. The van der Waals surface area contributed by atoms with E-state index in [-0.39, 0.29) is 11.3 Å². The number of hydrogen-bond donors (Lipinski definition) is 1. The average molecular weight is 258 g/mol. The highest BCUT2D eigenvalue weighted by molar-refractivity contribution is 5.90. The van der Waals surface area contributed by atoms with Gasteiger partial charge >= 0.3 is 5.97 Å². The zero-order chi connectivity index (χ0) is 13.8. The zero-order valence-electron chi connectivity index (χ0n) is 10.7. The Bertz CT molecular complexity index is 605. The van der Waals surface area contributed by atoms with Crippen molar-refractivity contribution in [3.8, 4) is 17.2 Å². The number of carboxylic acids is 1. The van der Waals surface area contributed by atoms with Crippen LogP contribution in [0.5, 0.6) is 17.2 Å². The third kappa shape index (κ3) is 2.85. The molecule has 1 N–H and O–H groups in total. The monoisotopic (exact) mass is 258 g/mol. The van der Waals surface area contributed by atoms with Crippen molar-refractivity contribution in [3.63, 3.8) is 0 Å². The predicted octanol–water partition coefficient (Wildman–Crippen LogP) is 3.49. The Morgan fingerprint density at radius 3 is 2.47 bits per heavy atom. The fraction of sp³-hybridized carbons (Fsp3) is 0.133. The maximum Gasteiger partial charge on any atom is 0.339 e. The summed E-state index contributed by atoms with van der Waals surface area (Å²) in [7, 11) is 1.55. The highest BCUT2D eigenvalue weighted by Gasteiger charge is 2.13. The van der Waals surface area contributed by atoms with Gasteiger partial charge in [0, 0.05) is 0 Å². The molecule has 2 aromatic carbocycles. The van der Waals surface area contributed by atoms with Crippen LogP contribution >= 0.6 is 0 Å². The Balaban J connectivity index is 2.39. The van der Waals surface area contributed by atoms with Crippen molar-refractivity contribution in [2.24, 2.45) is 0 Å². The van der Waals surface area contributed by atoms with E-state index in [2.05, 4.69) is 0 Å². The summed E-state index contributed by atoms with van der Waals surface area (Å²) in [6.45, 7) is 1.94. The standard InChI is InChI=1S/C15H14O4/c1-10-7-8-13(14(9-10)18-2)19-12-6-4-3-5-11(12)15(16)17/h3-9H,1-2H3,(H,16,17). The molecule has 0 aliphatic heterocycles. The summed E-state index contributed by atoms with van der Waals surface area (Å²) in [6, 6.07) is 12.0. The van der Waals surface area contributed by atoms with E-state index in [0.717, 1.165) is 5.56 Å². The fourth-order valence-electron chi connectivity index (χ4n) is 1.71. The lowest BCUT2D eigenvalue weighted by Crippen LogP contribution is -2.00. The molecule has 0 bridgehead atoms. The summed E-state index contributed by atoms with van der Waals surface area (Å²) in [5.41, 5.74) is 1.15. The minimum absolute atomic E-state index is 0.116. The van der Waals surface area contributed by atoms with Crippen LogP contribution in [-0.2, 0) is 0 Å². The summed E-state index contributed by atoms with van der Waals surface area (Å²) < 4.78 is 10.9. The van der Waals surface area contributed by atoms with Gasteiger partial charge in [0.25, 0.3) is 0 Å². The van der Waals surface area contributed by atoms with E-state index < -0.39 is 5.97 Å². The van der Waals surface area contributed by atoms with Crippen molar-refractivity contribution in [1.82, 2.24) is 0 Å². The van der Waals surface area contributed by atoms with Gasteiger partial charge in [-0.3, -0.25) is 0 Å². The number of ether oxygens (including phenoxy) is 2. The van der Waals surface area contributed by atoms with E-state index in [1.54, 1.807) is 31.4 Å². The van der Waals surface area contributed by atoms with Crippen molar-refractivity contribution in [1.29, 1.82) is 0 Å². The molecule has 0 aliphatic carbocycles. The normalized spacial score (nSPS) is 10.0. The van der Waals surface area contributed by atoms with Gasteiger partial charge in [0.1, 0.15) is 11.3 Å². The molecule has 0 saturated carbocycles. The number of aromatic carboxylic acids is 1. The van der Waals surface area contributed by atoms with Crippen LogP contribution < -0.4 is 9.47 Å². The number of para-hydroxylation sites is 1. The maximum absolute atomic E-state index is 11.1. The molecule has 0 radical (unpaired) electrons. The minimum atomic E-state index is -1.03. The van der Waals surface area contributed by atoms with Crippen molar-refractivity contribution in [2.75, 3.05) is 7.11 Å². The van der Waals surface area contributed by atoms with E-state index in [9.17, 15) is 4.79 Å². The summed E-state index contributed by atoms with van der Waals surface area (Å²) in [4.78, 5) is 11.1. The smallest absolute Gasteiger partial charge is 0.339 e. The number of methoxy groups -OCH3 is 1. The maximum atomic E-state index is 11.1. The number of benzene rings is 2. The Morgan fingerprint density at radius 1 is 1.05 bits per heavy atom. The van der Waals surface area contributed by atoms with E-state index in [1.807, 2.05) is 19.1 Å². The second-order valence-electron chi connectivity index (χ2n) is 4.06. The van der Waals surface area contributed by atoms with Crippen LogP contribution in [0.4, 0.5) is 0 Å². The van der Waals surface area contributed by atoms with Gasteiger partial charge in [0.15, 0.2) is 11.5 Å². The molecule has 19 heavy (non-hydrogen) atoms. The highest BCUT2D eigenvalue weighted by atomic mass is 16.5. The first kappa shape index (κ1) is 13.0. The second kappa shape index (κ2) is 5.44. The van der Waals surface area contributed by atoms with Gasteiger partial charge in [-0.2, -0.15) is 0 Å². The third-order valence-electron chi connectivity index (χ3n) is 2.66. The van der Waals surface area contributed by atoms with Crippen molar-refractivity contribution >= 4 is 5.97 Å². The molecule has 0 spiro atoms. The zero-order valence-corrected chi connectivity index (χ0v) is 10.7. The summed E-state index contributed by atoms with van der Waals surface area (Å²) in [6.07, 6.45) is 0. The average Bonchev–Trinajstić information content (AvgIpc) is 2.41. The highest BCUT2D eigenvalue weighted by Crippen LogP contribution is 2.33. The van der Waals surface area contributed by atoms with E-state index in [0.29, 0.717) is 11.5 Å². The summed E-state index contributed by atoms with van der Waals surface area (Å²) in [5, 5.41) is 9.10. The number of rotatable bonds is 4. The first-order chi connectivity index (χ1) is 9.11. The molecular formula is C15H14O4. The minimum Gasteiger partial charge on any atom is -0.493 e. The van der Waals surface area contributed by atoms with Gasteiger partial charge < -0.3 is 14.6 Å². The molecule has 4 heteroatoms. The number of hydrogen-bond acceptors (Lipinski definition) is 3. The molecular weight excluding hydrogens is 244 g/mol. The van der Waals surface area contributed by atoms with E-state index in [4.69, 9.17) is 14.6 Å². The summed E-state index contributed by atoms with van der Waals surface area (Å²) in [5.74, 6) is 0.320. The van der Waals surface area contributed by atoms with Gasteiger partial charge in [-0.25, -0.2) is 4.79 Å². The van der Waals surface area contributed by atoms with Crippen LogP contribution in [0, 0.1) is 6.92 Å². The van der Waals surface area contributed by atoms with Gasteiger partial charge in [-0.05, 0) is 36.8 Å². The van der Waals surface area contributed by atoms with Crippen LogP contribution in [-0.4, -0.2) is 18.2 Å². The van der Waals surface area contributed by atoms with Crippen molar-refractivity contribution < 1.29 is 19.4 Å². The van der Waals surface area contributed by atoms with E-state index in [1.165, 1.54) is 6.07 Å². The number of carboxylic acid groups (broad SMARTS) is 1. The Morgan fingerprint density at radius 2 is 1.79 bits per heavy atom. The topological polar surface area (TPSA) is 55.8 Å². The van der Waals surface area contributed by atoms with Gasteiger partial charge in [-0.1, -0.05) is 18.2 Å². The molecule has 0 atom stereocenters. The molecule has 98 valence electrons. The van der Waals surface area contributed by atoms with E-state index >= 15 is 0 Å². The first-order valence-electron chi connectivity index (χ1n) is 5.76. The number of carbonyl (C=O) groups is 1. The van der Waals surface area contributed by atoms with Crippen LogP contribution in [0.2, 0.25) is 0 Å². The molecule has 0 fully saturated rings. The van der Waals surface area contributed by atoms with Crippen molar-refractivity contribution in [3.05, 3.63) is 53.6 Å². The summed E-state index contributed by atoms with van der Waals surface area (Å²) >= 11 is 0. The second-order valence-corrected chi connectivity index (χ2v) is 4.06. The quantitative estimate of drug-likeness (QED) is 0.912. The Labute approximate surface area is 111 Å². The van der Waals surface area contributed by atoms with Gasteiger partial charge in [0.2, 0.25) is 0 Å². The molecule has 0 aliphatic rings. The van der Waals surface area contributed by atoms with Crippen LogP contribution in [0.3, 0.4) is 0 Å². The van der Waals surface area contributed by atoms with Crippen LogP contribution in [0.15, 0.2) is 42.5 Å². The lowest BCUT2D eigenvalue weighted by Gasteiger charge is -2.12. The van der Waals surface area contributed by atoms with Gasteiger partial charge in [-0.15, -0.1) is 0 Å². The lowest BCUT2D eigenvalue weighted by molar-refractivity contribution is 0.0694. The van der Waals surface area contributed by atoms with Crippen molar-refractivity contribution in [2.45, 2.75) is 6.92 Å². The first-order valence-corrected chi connectivity index (χ1v) is 5.76. The number of aryl methyl sites for hydroxylation is 1. The predicted molar refractivity (Wildman–Crippen MR) is 71.2 cm³/mol. The molecule has 0 heterocycles. The molecule has 4 nitrogen and oxygen atoms in total. The SMILES string of the molecule is COc1cc(C)ccc1Oc1ccccc1C(=O)O. The third-order valence-corrected chi connectivity index (χ3v) is 2.66. The Kier molecular flexibility index (Phi) is 3.71. The van der Waals surface area contributed by atoms with Crippen LogP contribution in [0.1, 0.15) is 15.9 Å². The van der Waals surface area contributed by atoms with Gasteiger partial charge in [0.05, 0.1) is 7.11 Å². The molecule has 0 unspecified atom stereocenters. The lowest BCUT2D eigenvalue weighted by atomic mass is 10.2. The molecule has 2 rings (SSSR count). The van der Waals surface area contributed by atoms with Crippen LogP contribution in [0.25, 0.3) is 0 Å². The largest absolute Gasteiger partial charge is 0.493 e.